The molecule has 1 heterocycles. The first-order chi connectivity index (χ1) is 9.83. The van der Waals surface area contributed by atoms with Gasteiger partial charge in [-0.15, -0.1) is 11.3 Å². The van der Waals surface area contributed by atoms with E-state index in [1.54, 1.807) is 25.3 Å². The Labute approximate surface area is 136 Å². The number of sulfonamides is 1. The van der Waals surface area contributed by atoms with Crippen LogP contribution >= 0.6 is 27.3 Å². The van der Waals surface area contributed by atoms with Crippen molar-refractivity contribution in [2.45, 2.75) is 31.2 Å². The van der Waals surface area contributed by atoms with Crippen molar-refractivity contribution in [1.29, 1.82) is 0 Å². The monoisotopic (exact) mass is 389 g/mol. The lowest BCUT2D eigenvalue weighted by molar-refractivity contribution is 0.566. The fraction of sp³-hybridized carbons (Fsp3) is 0.308. The van der Waals surface area contributed by atoms with Gasteiger partial charge in [-0.3, -0.25) is 0 Å². The summed E-state index contributed by atoms with van der Waals surface area (Å²) in [4.78, 5) is 5.44. The minimum absolute atomic E-state index is 0.0657. The van der Waals surface area contributed by atoms with E-state index in [1.807, 2.05) is 6.92 Å². The SMILES string of the molecule is CCc1cnc(C(C)NS(=O)(=O)c2cc(Br)ccc2N)s1. The smallest absolute Gasteiger partial charge is 0.243 e. The van der Waals surface area contributed by atoms with Crippen molar-refractivity contribution in [2.75, 3.05) is 5.73 Å². The van der Waals surface area contributed by atoms with Gasteiger partial charge in [0.05, 0.1) is 11.7 Å². The first-order valence-electron chi connectivity index (χ1n) is 6.35. The van der Waals surface area contributed by atoms with E-state index in [0.717, 1.165) is 16.3 Å². The Morgan fingerprint density at radius 3 is 2.81 bits per heavy atom. The molecule has 2 aromatic rings. The van der Waals surface area contributed by atoms with Gasteiger partial charge in [0.2, 0.25) is 10.0 Å². The third-order valence-electron chi connectivity index (χ3n) is 2.89. The number of benzene rings is 1. The summed E-state index contributed by atoms with van der Waals surface area (Å²) >= 11 is 4.76. The number of nitrogen functional groups attached to an aromatic ring is 1. The van der Waals surface area contributed by atoms with Crippen LogP contribution in [0, 0.1) is 0 Å². The molecule has 0 amide bonds. The highest BCUT2D eigenvalue weighted by molar-refractivity contribution is 9.10. The van der Waals surface area contributed by atoms with Crippen LogP contribution in [0.4, 0.5) is 5.69 Å². The third-order valence-corrected chi connectivity index (χ3v) is 6.30. The Morgan fingerprint density at radius 1 is 1.48 bits per heavy atom. The van der Waals surface area contributed by atoms with Gasteiger partial charge in [-0.2, -0.15) is 0 Å². The molecule has 0 aliphatic heterocycles. The number of rotatable bonds is 5. The van der Waals surface area contributed by atoms with Crippen LogP contribution in [-0.4, -0.2) is 13.4 Å². The summed E-state index contributed by atoms with van der Waals surface area (Å²) in [5, 5.41) is 0.740. The minimum Gasteiger partial charge on any atom is -0.398 e. The summed E-state index contributed by atoms with van der Waals surface area (Å²) in [5.41, 5.74) is 5.98. The molecule has 2 rings (SSSR count). The number of nitrogens with two attached hydrogens (primary N) is 1. The first-order valence-corrected chi connectivity index (χ1v) is 9.44. The lowest BCUT2D eigenvalue weighted by Crippen LogP contribution is -2.27. The Bertz CT molecular complexity index is 744. The first kappa shape index (κ1) is 16.4. The number of nitrogens with zero attached hydrogens (tertiary/aromatic N) is 1. The molecule has 0 spiro atoms. The summed E-state index contributed by atoms with van der Waals surface area (Å²) in [6.45, 7) is 3.80. The van der Waals surface area contributed by atoms with E-state index in [2.05, 4.69) is 25.6 Å². The summed E-state index contributed by atoms with van der Waals surface area (Å²) in [7, 11) is -3.70. The summed E-state index contributed by atoms with van der Waals surface area (Å²) in [5.74, 6) is 0. The number of nitrogens with one attached hydrogen (secondary N) is 1. The molecule has 0 radical (unpaired) electrons. The lowest BCUT2D eigenvalue weighted by atomic mass is 10.3. The molecule has 114 valence electrons. The predicted molar refractivity (Wildman–Crippen MR) is 88.8 cm³/mol. The van der Waals surface area contributed by atoms with Crippen LogP contribution in [0.15, 0.2) is 33.8 Å². The van der Waals surface area contributed by atoms with Gasteiger partial charge in [0.15, 0.2) is 0 Å². The van der Waals surface area contributed by atoms with Gasteiger partial charge in [-0.25, -0.2) is 18.1 Å². The quantitative estimate of drug-likeness (QED) is 0.769. The van der Waals surface area contributed by atoms with Gasteiger partial charge in [0.1, 0.15) is 9.90 Å². The standard InChI is InChI=1S/C13H16BrN3O2S2/c1-3-10-7-16-13(20-10)8(2)17-21(18,19)12-6-9(14)4-5-11(12)15/h4-8,17H,3,15H2,1-2H3. The minimum atomic E-state index is -3.70. The van der Waals surface area contributed by atoms with Crippen molar-refractivity contribution in [3.8, 4) is 0 Å². The molecule has 0 aliphatic carbocycles. The summed E-state index contributed by atoms with van der Waals surface area (Å²) < 4.78 is 28.1. The van der Waals surface area contributed by atoms with Crippen LogP contribution in [0.2, 0.25) is 0 Å². The van der Waals surface area contributed by atoms with Crippen molar-refractivity contribution < 1.29 is 8.42 Å². The van der Waals surface area contributed by atoms with E-state index in [0.29, 0.717) is 4.47 Å². The average Bonchev–Trinajstić information content (AvgIpc) is 2.90. The summed E-state index contributed by atoms with van der Waals surface area (Å²) in [6, 6.07) is 4.34. The zero-order chi connectivity index (χ0) is 15.6. The highest BCUT2D eigenvalue weighted by Gasteiger charge is 2.22. The molecule has 3 N–H and O–H groups in total. The van der Waals surface area contributed by atoms with Crippen LogP contribution in [0.1, 0.15) is 29.8 Å². The fourth-order valence-corrected chi connectivity index (χ4v) is 4.59. The number of halogens is 1. The molecule has 1 atom stereocenters. The Kier molecular flexibility index (Phi) is 5.03. The molecule has 0 saturated heterocycles. The molecule has 21 heavy (non-hydrogen) atoms. The van der Waals surface area contributed by atoms with E-state index in [1.165, 1.54) is 17.4 Å². The van der Waals surface area contributed by atoms with Crippen molar-refractivity contribution in [3.05, 3.63) is 38.8 Å². The average molecular weight is 390 g/mol. The normalized spacial score (nSPS) is 13.3. The topological polar surface area (TPSA) is 85.1 Å². The second-order valence-electron chi connectivity index (χ2n) is 4.54. The maximum absolute atomic E-state index is 12.4. The Hall–Kier alpha value is -0.960. The lowest BCUT2D eigenvalue weighted by Gasteiger charge is -2.13. The molecule has 5 nitrogen and oxygen atoms in total. The van der Waals surface area contributed by atoms with Crippen molar-refractivity contribution >= 4 is 43.0 Å². The maximum Gasteiger partial charge on any atom is 0.243 e. The van der Waals surface area contributed by atoms with Crippen molar-refractivity contribution in [1.82, 2.24) is 9.71 Å². The zero-order valence-electron chi connectivity index (χ0n) is 11.6. The Morgan fingerprint density at radius 2 is 2.19 bits per heavy atom. The van der Waals surface area contributed by atoms with Gasteiger partial charge >= 0.3 is 0 Å². The van der Waals surface area contributed by atoms with Gasteiger partial charge in [-0.05, 0) is 31.5 Å². The van der Waals surface area contributed by atoms with Gasteiger partial charge in [0.25, 0.3) is 0 Å². The molecule has 0 fully saturated rings. The van der Waals surface area contributed by atoms with Crippen LogP contribution in [0.25, 0.3) is 0 Å². The Balaban J connectivity index is 2.26. The van der Waals surface area contributed by atoms with E-state index < -0.39 is 16.1 Å². The molecular weight excluding hydrogens is 374 g/mol. The predicted octanol–water partition coefficient (Wildman–Crippen LogP) is 3.09. The van der Waals surface area contributed by atoms with E-state index in [4.69, 9.17) is 5.73 Å². The van der Waals surface area contributed by atoms with Gasteiger partial charge in [-0.1, -0.05) is 22.9 Å². The zero-order valence-corrected chi connectivity index (χ0v) is 14.8. The highest BCUT2D eigenvalue weighted by atomic mass is 79.9. The molecule has 8 heteroatoms. The van der Waals surface area contributed by atoms with Crippen molar-refractivity contribution in [2.24, 2.45) is 0 Å². The number of anilines is 1. The number of hydrogen-bond donors (Lipinski definition) is 2. The van der Waals surface area contributed by atoms with Crippen LogP contribution in [0.3, 0.4) is 0 Å². The molecule has 1 aromatic heterocycles. The van der Waals surface area contributed by atoms with Crippen molar-refractivity contribution in [3.63, 3.8) is 0 Å². The summed E-state index contributed by atoms with van der Waals surface area (Å²) in [6.07, 6.45) is 2.66. The fourth-order valence-electron chi connectivity index (χ4n) is 1.77. The highest BCUT2D eigenvalue weighted by Crippen LogP contribution is 2.26. The largest absolute Gasteiger partial charge is 0.398 e. The van der Waals surface area contributed by atoms with Gasteiger partial charge in [0, 0.05) is 15.5 Å². The van der Waals surface area contributed by atoms with E-state index >= 15 is 0 Å². The third kappa shape index (κ3) is 3.82. The molecule has 1 unspecified atom stereocenters. The van der Waals surface area contributed by atoms with Gasteiger partial charge < -0.3 is 5.73 Å². The second kappa shape index (κ2) is 6.43. The second-order valence-corrected chi connectivity index (χ2v) is 8.29. The van der Waals surface area contributed by atoms with Crippen LogP contribution in [0.5, 0.6) is 0 Å². The molecule has 0 saturated carbocycles. The molecule has 1 aromatic carbocycles. The van der Waals surface area contributed by atoms with E-state index in [-0.39, 0.29) is 10.6 Å². The number of aromatic nitrogens is 1. The maximum atomic E-state index is 12.4. The van der Waals surface area contributed by atoms with E-state index in [9.17, 15) is 8.42 Å². The number of hydrogen-bond acceptors (Lipinski definition) is 5. The molecule has 0 aliphatic rings. The van der Waals surface area contributed by atoms with Crippen LogP contribution < -0.4 is 10.5 Å². The number of thiazole rings is 1. The van der Waals surface area contributed by atoms with Crippen LogP contribution in [-0.2, 0) is 16.4 Å². The molecular formula is C13H16BrN3O2S2. The molecule has 0 bridgehead atoms. The number of aryl methyl sites for hydroxylation is 1.